The molecule has 1 aromatic carbocycles. The number of ether oxygens (including phenoxy) is 2. The third kappa shape index (κ3) is 5.33. The molecule has 0 bridgehead atoms. The molecule has 2 rings (SSSR count). The second-order valence-electron chi connectivity index (χ2n) is 5.69. The lowest BCUT2D eigenvalue weighted by molar-refractivity contribution is 0.00243. The molecule has 1 fully saturated rings. The van der Waals surface area contributed by atoms with E-state index in [0.29, 0.717) is 18.7 Å². The van der Waals surface area contributed by atoms with Gasteiger partial charge >= 0.3 is 6.09 Å². The predicted molar refractivity (Wildman–Crippen MR) is 90.7 cm³/mol. The van der Waals surface area contributed by atoms with E-state index in [1.807, 2.05) is 0 Å². The maximum absolute atomic E-state index is 14.4. The minimum atomic E-state index is -0.481. The molecule has 1 saturated heterocycles. The average molecular weight is 359 g/mol. The Morgan fingerprint density at radius 3 is 3.08 bits per heavy atom. The molecule has 1 aliphatic heterocycles. The zero-order valence-electron chi connectivity index (χ0n) is 13.8. The summed E-state index contributed by atoms with van der Waals surface area (Å²) < 4.78 is 25.1. The van der Waals surface area contributed by atoms with Crippen LogP contribution in [0, 0.1) is 11.7 Å². The summed E-state index contributed by atoms with van der Waals surface area (Å²) in [5.41, 5.74) is 0.465. The monoisotopic (exact) mass is 358 g/mol. The topological polar surface area (TPSA) is 59.6 Å². The molecule has 1 heterocycles. The smallest absolute Gasteiger partial charge is 0.407 e. The summed E-state index contributed by atoms with van der Waals surface area (Å²) in [6, 6.07) is 4.96. The van der Waals surface area contributed by atoms with Gasteiger partial charge in [0.25, 0.3) is 0 Å². The standard InChI is InChI=1S/C17H24ClFN2O3/c1-2-23-17(22)21-9-10-24-16(12-5-4-8-20-11-12)13-6-3-7-14(18)15(13)19/h3,6-7,12,16,20H,2,4-5,8-11H2,1H3,(H,21,22)/t12-,16-/m1/s1. The van der Waals surface area contributed by atoms with Crippen molar-refractivity contribution in [3.05, 3.63) is 34.6 Å². The van der Waals surface area contributed by atoms with Crippen molar-refractivity contribution in [1.29, 1.82) is 0 Å². The first-order chi connectivity index (χ1) is 11.6. The van der Waals surface area contributed by atoms with Crippen LogP contribution < -0.4 is 10.6 Å². The molecule has 7 heteroatoms. The van der Waals surface area contributed by atoms with Gasteiger partial charge in [-0.2, -0.15) is 0 Å². The van der Waals surface area contributed by atoms with E-state index in [2.05, 4.69) is 10.6 Å². The van der Waals surface area contributed by atoms with Crippen LogP contribution in [0.5, 0.6) is 0 Å². The van der Waals surface area contributed by atoms with Crippen molar-refractivity contribution in [2.24, 2.45) is 5.92 Å². The fraction of sp³-hybridized carbons (Fsp3) is 0.588. The van der Waals surface area contributed by atoms with Crippen LogP contribution in [0.15, 0.2) is 18.2 Å². The van der Waals surface area contributed by atoms with Crippen LogP contribution >= 0.6 is 11.6 Å². The Bertz CT molecular complexity index is 539. The first-order valence-corrected chi connectivity index (χ1v) is 8.68. The van der Waals surface area contributed by atoms with Crippen molar-refractivity contribution in [3.63, 3.8) is 0 Å². The summed E-state index contributed by atoms with van der Waals surface area (Å²) >= 11 is 5.91. The molecule has 0 saturated carbocycles. The molecule has 1 amide bonds. The van der Waals surface area contributed by atoms with E-state index in [1.54, 1.807) is 19.1 Å². The fourth-order valence-corrected chi connectivity index (χ4v) is 3.06. The van der Waals surface area contributed by atoms with E-state index in [9.17, 15) is 9.18 Å². The number of carbonyl (C=O) groups is 1. The first-order valence-electron chi connectivity index (χ1n) is 8.30. The van der Waals surface area contributed by atoms with Crippen molar-refractivity contribution >= 4 is 17.7 Å². The van der Waals surface area contributed by atoms with Crippen LogP contribution in [0.4, 0.5) is 9.18 Å². The van der Waals surface area contributed by atoms with E-state index >= 15 is 0 Å². The number of hydrogen-bond donors (Lipinski definition) is 2. The van der Waals surface area contributed by atoms with E-state index in [0.717, 1.165) is 25.9 Å². The number of rotatable bonds is 7. The lowest BCUT2D eigenvalue weighted by atomic mass is 9.89. The number of hydrogen-bond acceptors (Lipinski definition) is 4. The molecule has 24 heavy (non-hydrogen) atoms. The van der Waals surface area contributed by atoms with Gasteiger partial charge in [0.15, 0.2) is 0 Å². The lowest BCUT2D eigenvalue weighted by Gasteiger charge is -2.31. The molecule has 0 unspecified atom stereocenters. The summed E-state index contributed by atoms with van der Waals surface area (Å²) in [4.78, 5) is 11.3. The molecule has 5 nitrogen and oxygen atoms in total. The third-order valence-electron chi connectivity index (χ3n) is 4.00. The molecule has 0 aromatic heterocycles. The predicted octanol–water partition coefficient (Wildman–Crippen LogP) is 3.28. The largest absolute Gasteiger partial charge is 0.450 e. The number of alkyl carbamates (subject to hydrolysis) is 1. The summed E-state index contributed by atoms with van der Waals surface area (Å²) in [5, 5.41) is 6.01. The van der Waals surface area contributed by atoms with Crippen LogP contribution in [0.3, 0.4) is 0 Å². The van der Waals surface area contributed by atoms with Crippen molar-refractivity contribution in [1.82, 2.24) is 10.6 Å². The van der Waals surface area contributed by atoms with Gasteiger partial charge in [0.1, 0.15) is 5.82 Å². The Morgan fingerprint density at radius 2 is 2.38 bits per heavy atom. The lowest BCUT2D eigenvalue weighted by Crippen LogP contribution is -2.35. The summed E-state index contributed by atoms with van der Waals surface area (Å²) in [7, 11) is 0. The zero-order valence-corrected chi connectivity index (χ0v) is 14.6. The van der Waals surface area contributed by atoms with Gasteiger partial charge in [-0.3, -0.25) is 0 Å². The zero-order chi connectivity index (χ0) is 17.4. The van der Waals surface area contributed by atoms with Gasteiger partial charge in [0.2, 0.25) is 0 Å². The average Bonchev–Trinajstić information content (AvgIpc) is 2.59. The van der Waals surface area contributed by atoms with Crippen molar-refractivity contribution in [2.75, 3.05) is 32.8 Å². The number of amides is 1. The van der Waals surface area contributed by atoms with E-state index in [-0.39, 0.29) is 17.5 Å². The van der Waals surface area contributed by atoms with Gasteiger partial charge in [0, 0.05) is 24.6 Å². The minimum Gasteiger partial charge on any atom is -0.450 e. The van der Waals surface area contributed by atoms with E-state index in [4.69, 9.17) is 21.1 Å². The minimum absolute atomic E-state index is 0.0921. The Balaban J connectivity index is 2.00. The number of carbonyl (C=O) groups excluding carboxylic acids is 1. The second-order valence-corrected chi connectivity index (χ2v) is 6.10. The van der Waals surface area contributed by atoms with Crippen LogP contribution in [0.2, 0.25) is 5.02 Å². The number of piperidine rings is 1. The SMILES string of the molecule is CCOC(=O)NCCO[C@@H](c1cccc(Cl)c1F)[C@@H]1CCCNC1. The van der Waals surface area contributed by atoms with Gasteiger partial charge in [-0.25, -0.2) is 9.18 Å². The van der Waals surface area contributed by atoms with E-state index < -0.39 is 18.0 Å². The van der Waals surface area contributed by atoms with E-state index in [1.165, 1.54) is 6.07 Å². The Labute approximate surface area is 146 Å². The molecule has 0 radical (unpaired) electrons. The highest BCUT2D eigenvalue weighted by Crippen LogP contribution is 2.34. The quantitative estimate of drug-likeness (QED) is 0.734. The van der Waals surface area contributed by atoms with Gasteiger partial charge < -0.3 is 20.1 Å². The highest BCUT2D eigenvalue weighted by atomic mass is 35.5. The molecule has 1 aliphatic rings. The van der Waals surface area contributed by atoms with Crippen LogP contribution in [0.25, 0.3) is 0 Å². The molecule has 0 aliphatic carbocycles. The molecule has 134 valence electrons. The summed E-state index contributed by atoms with van der Waals surface area (Å²) in [5.74, 6) is -0.276. The maximum atomic E-state index is 14.4. The Kier molecular flexibility index (Phi) is 7.75. The molecule has 2 atom stereocenters. The summed E-state index contributed by atoms with van der Waals surface area (Å²) in [6.45, 7) is 4.36. The van der Waals surface area contributed by atoms with Gasteiger partial charge in [-0.1, -0.05) is 23.7 Å². The molecule has 2 N–H and O–H groups in total. The van der Waals surface area contributed by atoms with Crippen molar-refractivity contribution < 1.29 is 18.7 Å². The van der Waals surface area contributed by atoms with Crippen molar-refractivity contribution in [3.8, 4) is 0 Å². The summed E-state index contributed by atoms with van der Waals surface area (Å²) in [6.07, 6.45) is 1.09. The third-order valence-corrected chi connectivity index (χ3v) is 4.29. The van der Waals surface area contributed by atoms with Crippen LogP contribution in [0.1, 0.15) is 31.4 Å². The fourth-order valence-electron chi connectivity index (χ4n) is 2.88. The Hall–Kier alpha value is -1.37. The molecular formula is C17H24ClFN2O3. The normalized spacial score (nSPS) is 18.9. The number of nitrogens with one attached hydrogen (secondary N) is 2. The molecular weight excluding hydrogens is 335 g/mol. The van der Waals surface area contributed by atoms with Gasteiger partial charge in [-0.05, 0) is 32.4 Å². The van der Waals surface area contributed by atoms with Gasteiger partial charge in [-0.15, -0.1) is 0 Å². The van der Waals surface area contributed by atoms with Gasteiger partial charge in [0.05, 0.1) is 24.3 Å². The highest BCUT2D eigenvalue weighted by molar-refractivity contribution is 6.30. The number of benzene rings is 1. The molecule has 0 spiro atoms. The van der Waals surface area contributed by atoms with Crippen LogP contribution in [-0.2, 0) is 9.47 Å². The first kappa shape index (κ1) is 19.0. The molecule has 1 aromatic rings. The number of halogens is 2. The van der Waals surface area contributed by atoms with Crippen LogP contribution in [-0.4, -0.2) is 38.9 Å². The maximum Gasteiger partial charge on any atom is 0.407 e. The second kappa shape index (κ2) is 9.81. The highest BCUT2D eigenvalue weighted by Gasteiger charge is 2.28. The van der Waals surface area contributed by atoms with Crippen molar-refractivity contribution in [2.45, 2.75) is 25.9 Å². The Morgan fingerprint density at radius 1 is 1.54 bits per heavy atom.